The van der Waals surface area contributed by atoms with Crippen molar-refractivity contribution in [3.8, 4) is 0 Å². The largest absolute Gasteiger partial charge is 0.371 e. The summed E-state index contributed by atoms with van der Waals surface area (Å²) >= 11 is 4.31. The van der Waals surface area contributed by atoms with Gasteiger partial charge in [0, 0.05) is 35.9 Å². The van der Waals surface area contributed by atoms with E-state index in [9.17, 15) is 0 Å². The third-order valence-electron chi connectivity index (χ3n) is 4.15. The van der Waals surface area contributed by atoms with Crippen molar-refractivity contribution in [3.63, 3.8) is 0 Å². The summed E-state index contributed by atoms with van der Waals surface area (Å²) in [4.78, 5) is 2.59. The molecule has 3 heterocycles. The zero-order chi connectivity index (χ0) is 12.0. The van der Waals surface area contributed by atoms with Crippen LogP contribution in [0.1, 0.15) is 17.5 Å². The number of nitrogens with zero attached hydrogens (tertiary/aromatic N) is 1. The topological polar surface area (TPSA) is 3.24 Å². The lowest BCUT2D eigenvalue weighted by molar-refractivity contribution is 0.368. The van der Waals surface area contributed by atoms with E-state index in [0.717, 1.165) is 0 Å². The van der Waals surface area contributed by atoms with Gasteiger partial charge in [0.25, 0.3) is 0 Å². The van der Waals surface area contributed by atoms with Gasteiger partial charge in [0.15, 0.2) is 0 Å². The molecule has 3 aliphatic rings. The highest BCUT2D eigenvalue weighted by atomic mass is 32.2. The molecule has 3 heteroatoms. The maximum atomic E-state index is 2.59. The Morgan fingerprint density at radius 1 is 1.06 bits per heavy atom. The molecule has 4 rings (SSSR count). The molecule has 0 saturated carbocycles. The van der Waals surface area contributed by atoms with Crippen LogP contribution in [-0.4, -0.2) is 33.6 Å². The first-order valence-corrected chi connectivity index (χ1v) is 8.67. The Bertz CT molecular complexity index is 503. The van der Waals surface area contributed by atoms with Crippen molar-refractivity contribution in [1.82, 2.24) is 4.90 Å². The molecule has 1 aromatic carbocycles. The molecule has 1 nitrogen and oxygen atoms in total. The van der Waals surface area contributed by atoms with Crippen LogP contribution in [0.15, 0.2) is 30.3 Å². The summed E-state index contributed by atoms with van der Waals surface area (Å²) in [5.41, 5.74) is 4.52. The van der Waals surface area contributed by atoms with Crippen LogP contribution in [0.5, 0.6) is 0 Å². The van der Waals surface area contributed by atoms with E-state index >= 15 is 0 Å². The number of hydrogen-bond acceptors (Lipinski definition) is 3. The minimum atomic E-state index is 0.385. The Balaban J connectivity index is 1.81. The van der Waals surface area contributed by atoms with Crippen LogP contribution in [0.3, 0.4) is 0 Å². The smallest absolute Gasteiger partial charge is 0.0831 e. The first-order valence-electron chi connectivity index (χ1n) is 6.70. The van der Waals surface area contributed by atoms with Gasteiger partial charge < -0.3 is 4.90 Å². The second kappa shape index (κ2) is 4.24. The molecule has 3 aliphatic heterocycles. The zero-order valence-electron chi connectivity index (χ0n) is 10.4. The van der Waals surface area contributed by atoms with Crippen molar-refractivity contribution in [2.75, 3.05) is 24.6 Å². The lowest BCUT2D eigenvalue weighted by atomic mass is 9.93. The summed E-state index contributed by atoms with van der Waals surface area (Å²) < 4.78 is 0.385. The maximum Gasteiger partial charge on any atom is 0.0831 e. The van der Waals surface area contributed by atoms with Crippen molar-refractivity contribution in [2.45, 2.75) is 16.9 Å². The van der Waals surface area contributed by atoms with Crippen molar-refractivity contribution >= 4 is 29.2 Å². The van der Waals surface area contributed by atoms with Gasteiger partial charge in [0.05, 0.1) is 4.08 Å². The summed E-state index contributed by atoms with van der Waals surface area (Å²) in [6.07, 6.45) is 5.09. The number of benzene rings is 1. The van der Waals surface area contributed by atoms with Gasteiger partial charge in [0.1, 0.15) is 0 Å². The fourth-order valence-electron chi connectivity index (χ4n) is 3.21. The quantitative estimate of drug-likeness (QED) is 0.714. The van der Waals surface area contributed by atoms with Gasteiger partial charge in [-0.3, -0.25) is 0 Å². The van der Waals surface area contributed by atoms with Crippen molar-refractivity contribution in [3.05, 3.63) is 41.5 Å². The minimum absolute atomic E-state index is 0.385. The highest BCUT2D eigenvalue weighted by molar-refractivity contribution is 8.21. The van der Waals surface area contributed by atoms with Crippen molar-refractivity contribution in [2.24, 2.45) is 0 Å². The first kappa shape index (κ1) is 11.3. The Kier molecular flexibility index (Phi) is 2.66. The molecule has 1 aromatic rings. The highest BCUT2D eigenvalue weighted by Crippen LogP contribution is 2.52. The van der Waals surface area contributed by atoms with Crippen molar-refractivity contribution in [1.29, 1.82) is 0 Å². The Morgan fingerprint density at radius 2 is 1.89 bits per heavy atom. The Labute approximate surface area is 117 Å². The molecule has 0 atom stereocenters. The molecule has 1 spiro atoms. The van der Waals surface area contributed by atoms with Crippen LogP contribution in [-0.2, 0) is 6.42 Å². The highest BCUT2D eigenvalue weighted by Gasteiger charge is 2.39. The van der Waals surface area contributed by atoms with Crippen molar-refractivity contribution < 1.29 is 0 Å². The predicted octanol–water partition coefficient (Wildman–Crippen LogP) is 3.47. The van der Waals surface area contributed by atoms with Gasteiger partial charge in [-0.15, -0.1) is 23.5 Å². The van der Waals surface area contributed by atoms with Gasteiger partial charge in [-0.2, -0.15) is 0 Å². The first-order chi connectivity index (χ1) is 8.86. The molecule has 0 amide bonds. The summed E-state index contributed by atoms with van der Waals surface area (Å²) in [5, 5.41) is 0. The van der Waals surface area contributed by atoms with Crippen LogP contribution >= 0.6 is 23.5 Å². The summed E-state index contributed by atoms with van der Waals surface area (Å²) in [7, 11) is 0. The number of thioether (sulfide) groups is 2. The average Bonchev–Trinajstić information content (AvgIpc) is 2.87. The molecule has 0 aromatic heterocycles. The molecule has 0 N–H and O–H groups in total. The van der Waals surface area contributed by atoms with E-state index in [-0.39, 0.29) is 0 Å². The van der Waals surface area contributed by atoms with Gasteiger partial charge in [-0.25, -0.2) is 0 Å². The third kappa shape index (κ3) is 1.71. The standard InChI is InChI=1S/C15H17NS2/c1-2-4-13-12(3-1)5-7-16-8-6-15(11-14(13)16)17-9-10-18-15/h1-4,11H,5-10H2. The molecule has 18 heavy (non-hydrogen) atoms. The van der Waals surface area contributed by atoms with Crippen LogP contribution < -0.4 is 0 Å². The normalized spacial score (nSPS) is 24.7. The average molecular weight is 275 g/mol. The maximum absolute atomic E-state index is 2.59. The van der Waals surface area contributed by atoms with Gasteiger partial charge in [-0.1, -0.05) is 24.3 Å². The molecular formula is C15H17NS2. The predicted molar refractivity (Wildman–Crippen MR) is 82.0 cm³/mol. The molecule has 94 valence electrons. The van der Waals surface area contributed by atoms with E-state index in [1.165, 1.54) is 54.3 Å². The van der Waals surface area contributed by atoms with E-state index in [2.05, 4.69) is 58.8 Å². The lowest BCUT2D eigenvalue weighted by Crippen LogP contribution is -2.38. The second-order valence-corrected chi connectivity index (χ2v) is 8.29. The SMILES string of the molecule is C1=C2c3ccccc3CCN2CCC12SCCS2. The number of fused-ring (bicyclic) bond motifs is 3. The van der Waals surface area contributed by atoms with E-state index in [1.54, 1.807) is 0 Å². The van der Waals surface area contributed by atoms with Crippen LogP contribution in [0.2, 0.25) is 0 Å². The Hall–Kier alpha value is -0.540. The molecular weight excluding hydrogens is 258 g/mol. The molecule has 0 bridgehead atoms. The van der Waals surface area contributed by atoms with E-state index in [4.69, 9.17) is 0 Å². The zero-order valence-corrected chi connectivity index (χ0v) is 12.0. The van der Waals surface area contributed by atoms with Gasteiger partial charge in [0.2, 0.25) is 0 Å². The fourth-order valence-corrected chi connectivity index (χ4v) is 6.26. The lowest BCUT2D eigenvalue weighted by Gasteiger charge is -2.41. The minimum Gasteiger partial charge on any atom is -0.371 e. The van der Waals surface area contributed by atoms with E-state index < -0.39 is 0 Å². The number of hydrogen-bond donors (Lipinski definition) is 0. The molecule has 0 radical (unpaired) electrons. The third-order valence-corrected chi connectivity index (χ3v) is 7.55. The molecule has 0 aliphatic carbocycles. The summed E-state index contributed by atoms with van der Waals surface area (Å²) in [6.45, 7) is 2.44. The monoisotopic (exact) mass is 275 g/mol. The van der Waals surface area contributed by atoms with Gasteiger partial charge >= 0.3 is 0 Å². The van der Waals surface area contributed by atoms with E-state index in [0.29, 0.717) is 4.08 Å². The second-order valence-electron chi connectivity index (χ2n) is 5.18. The van der Waals surface area contributed by atoms with Crippen LogP contribution in [0.25, 0.3) is 5.70 Å². The van der Waals surface area contributed by atoms with E-state index in [1.807, 2.05) is 0 Å². The number of rotatable bonds is 0. The summed E-state index contributed by atoms with van der Waals surface area (Å²) in [5.74, 6) is 2.63. The Morgan fingerprint density at radius 3 is 2.78 bits per heavy atom. The summed E-state index contributed by atoms with van der Waals surface area (Å²) in [6, 6.07) is 8.95. The fraction of sp³-hybridized carbons (Fsp3) is 0.467. The van der Waals surface area contributed by atoms with Crippen LogP contribution in [0, 0.1) is 0 Å². The van der Waals surface area contributed by atoms with Crippen LogP contribution in [0.4, 0.5) is 0 Å². The molecule has 1 saturated heterocycles. The van der Waals surface area contributed by atoms with Gasteiger partial charge in [-0.05, 0) is 24.5 Å². The molecule has 0 unspecified atom stereocenters. The molecule has 1 fully saturated rings.